The lowest BCUT2D eigenvalue weighted by molar-refractivity contribution is -0.137. The molecule has 0 aliphatic carbocycles. The van der Waals surface area contributed by atoms with Gasteiger partial charge < -0.3 is 31.1 Å². The van der Waals surface area contributed by atoms with Crippen molar-refractivity contribution in [3.8, 4) is 0 Å². The van der Waals surface area contributed by atoms with Crippen LogP contribution in [0.15, 0.2) is 79.1 Å². The van der Waals surface area contributed by atoms with E-state index in [1.54, 1.807) is 19.1 Å². The second-order valence-corrected chi connectivity index (χ2v) is 10.4. The zero-order valence-corrected chi connectivity index (χ0v) is 24.1. The van der Waals surface area contributed by atoms with Crippen molar-refractivity contribution in [1.82, 2.24) is 14.9 Å². The number of benzene rings is 3. The number of rotatable bonds is 7. The molecule has 3 amide bonds. The lowest BCUT2D eigenvalue weighted by Gasteiger charge is -2.34. The Morgan fingerprint density at radius 1 is 0.773 bits per heavy atom. The topological polar surface area (TPSA) is 115 Å². The highest BCUT2D eigenvalue weighted by Gasteiger charge is 2.30. The number of likely N-dealkylation sites (N-methyl/N-ethyl adjacent to an activating group) is 1. The largest absolute Gasteiger partial charge is 0.416 e. The number of halogens is 3. The van der Waals surface area contributed by atoms with Crippen LogP contribution in [0.1, 0.15) is 21.5 Å². The molecule has 0 bridgehead atoms. The Hall–Kier alpha value is -5.17. The van der Waals surface area contributed by atoms with Gasteiger partial charge in [-0.3, -0.25) is 4.79 Å². The smallest absolute Gasteiger partial charge is 0.369 e. The van der Waals surface area contributed by atoms with E-state index in [2.05, 4.69) is 60.2 Å². The van der Waals surface area contributed by atoms with Crippen LogP contribution in [0.4, 0.5) is 52.4 Å². The summed E-state index contributed by atoms with van der Waals surface area (Å²) in [6, 6.07) is 16.3. The van der Waals surface area contributed by atoms with Crippen molar-refractivity contribution in [3.05, 3.63) is 95.8 Å². The molecular weight excluding hydrogens is 573 g/mol. The maximum atomic E-state index is 13.0. The molecule has 44 heavy (non-hydrogen) atoms. The number of amides is 3. The molecule has 0 atom stereocenters. The van der Waals surface area contributed by atoms with Crippen molar-refractivity contribution in [2.24, 2.45) is 0 Å². The van der Waals surface area contributed by atoms with Crippen molar-refractivity contribution < 1.29 is 22.8 Å². The zero-order chi connectivity index (χ0) is 31.3. The molecule has 13 heteroatoms. The first kappa shape index (κ1) is 30.3. The molecule has 4 aromatic rings. The SMILES string of the molecule is Cc1ccc(NC(=O)Nc2cccc(C(F)(F)F)c2)cc1C(=O)Nc1cnc(Nc2ccc(N3CCN(C)CC3)cc2)nc1. The number of nitrogens with one attached hydrogen (secondary N) is 4. The van der Waals surface area contributed by atoms with Crippen LogP contribution >= 0.6 is 0 Å². The molecular formula is C31H31F3N8O2. The summed E-state index contributed by atoms with van der Waals surface area (Å²) in [4.78, 5) is 38.7. The van der Waals surface area contributed by atoms with E-state index < -0.39 is 23.7 Å². The Kier molecular flexibility index (Phi) is 8.95. The maximum absolute atomic E-state index is 13.0. The lowest BCUT2D eigenvalue weighted by Crippen LogP contribution is -2.44. The molecule has 1 saturated heterocycles. The van der Waals surface area contributed by atoms with Crippen LogP contribution in [0.25, 0.3) is 0 Å². The van der Waals surface area contributed by atoms with Crippen molar-refractivity contribution in [2.75, 3.05) is 59.4 Å². The average Bonchev–Trinajstić information content (AvgIpc) is 2.99. The second kappa shape index (κ2) is 13.0. The number of aryl methyl sites for hydroxylation is 1. The summed E-state index contributed by atoms with van der Waals surface area (Å²) >= 11 is 0. The molecule has 1 fully saturated rings. The van der Waals surface area contributed by atoms with Gasteiger partial charge in [0, 0.05) is 54.5 Å². The molecule has 0 spiro atoms. The number of urea groups is 1. The summed E-state index contributed by atoms with van der Waals surface area (Å²) in [6.07, 6.45) is -1.58. The van der Waals surface area contributed by atoms with Gasteiger partial charge in [0.15, 0.2) is 0 Å². The van der Waals surface area contributed by atoms with Gasteiger partial charge in [-0.2, -0.15) is 13.2 Å². The van der Waals surface area contributed by atoms with Crippen molar-refractivity contribution in [2.45, 2.75) is 13.1 Å². The fourth-order valence-corrected chi connectivity index (χ4v) is 4.62. The van der Waals surface area contributed by atoms with E-state index in [4.69, 9.17) is 0 Å². The van der Waals surface area contributed by atoms with Gasteiger partial charge in [0.2, 0.25) is 5.95 Å². The first-order chi connectivity index (χ1) is 21.0. The molecule has 10 nitrogen and oxygen atoms in total. The highest BCUT2D eigenvalue weighted by molar-refractivity contribution is 6.07. The summed E-state index contributed by atoms with van der Waals surface area (Å²) < 4.78 is 38.9. The van der Waals surface area contributed by atoms with Gasteiger partial charge in [0.1, 0.15) is 0 Å². The number of aromatic nitrogens is 2. The molecule has 3 aromatic carbocycles. The van der Waals surface area contributed by atoms with E-state index in [0.717, 1.165) is 49.7 Å². The molecule has 1 aliphatic heterocycles. The summed E-state index contributed by atoms with van der Waals surface area (Å²) in [6.45, 7) is 5.77. The summed E-state index contributed by atoms with van der Waals surface area (Å²) in [5, 5.41) is 10.8. The van der Waals surface area contributed by atoms with E-state index in [9.17, 15) is 22.8 Å². The van der Waals surface area contributed by atoms with Crippen LogP contribution in [0.5, 0.6) is 0 Å². The zero-order valence-electron chi connectivity index (χ0n) is 24.1. The molecule has 0 saturated carbocycles. The summed E-state index contributed by atoms with van der Waals surface area (Å²) in [5.41, 5.74) is 2.65. The minimum atomic E-state index is -4.54. The first-order valence-electron chi connectivity index (χ1n) is 13.8. The van der Waals surface area contributed by atoms with Gasteiger partial charge in [-0.05, 0) is 74.1 Å². The van der Waals surface area contributed by atoms with Crippen LogP contribution in [0, 0.1) is 6.92 Å². The minimum Gasteiger partial charge on any atom is -0.369 e. The third-order valence-electron chi connectivity index (χ3n) is 7.09. The minimum absolute atomic E-state index is 0.0250. The average molecular weight is 605 g/mol. The fraction of sp³-hybridized carbons (Fsp3) is 0.226. The number of nitrogens with zero attached hydrogens (tertiary/aromatic N) is 4. The third-order valence-corrected chi connectivity index (χ3v) is 7.09. The van der Waals surface area contributed by atoms with Gasteiger partial charge in [-0.1, -0.05) is 12.1 Å². The number of anilines is 6. The number of hydrogen-bond donors (Lipinski definition) is 4. The Morgan fingerprint density at radius 2 is 1.41 bits per heavy atom. The third kappa shape index (κ3) is 7.81. The van der Waals surface area contributed by atoms with Gasteiger partial charge in [-0.25, -0.2) is 14.8 Å². The quantitative estimate of drug-likeness (QED) is 0.199. The fourth-order valence-electron chi connectivity index (χ4n) is 4.62. The van der Waals surface area contributed by atoms with E-state index >= 15 is 0 Å². The van der Waals surface area contributed by atoms with Crippen molar-refractivity contribution in [1.29, 1.82) is 0 Å². The molecule has 5 rings (SSSR count). The van der Waals surface area contributed by atoms with E-state index in [0.29, 0.717) is 17.2 Å². The first-order valence-corrected chi connectivity index (χ1v) is 13.8. The lowest BCUT2D eigenvalue weighted by atomic mass is 10.1. The highest BCUT2D eigenvalue weighted by Crippen LogP contribution is 2.30. The summed E-state index contributed by atoms with van der Waals surface area (Å²) in [5.74, 6) is -0.0854. The van der Waals surface area contributed by atoms with E-state index in [1.165, 1.54) is 30.6 Å². The number of carbonyl (C=O) groups excluding carboxylic acids is 2. The number of piperazine rings is 1. The molecule has 1 aliphatic rings. The Bertz CT molecular complexity index is 1620. The number of hydrogen-bond acceptors (Lipinski definition) is 7. The predicted molar refractivity (Wildman–Crippen MR) is 165 cm³/mol. The monoisotopic (exact) mass is 604 g/mol. The van der Waals surface area contributed by atoms with Crippen LogP contribution in [-0.2, 0) is 6.18 Å². The van der Waals surface area contributed by atoms with Gasteiger partial charge in [-0.15, -0.1) is 0 Å². The van der Waals surface area contributed by atoms with Crippen LogP contribution in [-0.4, -0.2) is 60.0 Å². The molecule has 2 heterocycles. The second-order valence-electron chi connectivity index (χ2n) is 10.4. The normalized spacial score (nSPS) is 13.7. The molecule has 4 N–H and O–H groups in total. The van der Waals surface area contributed by atoms with Gasteiger partial charge >= 0.3 is 12.2 Å². The van der Waals surface area contributed by atoms with Crippen molar-refractivity contribution in [3.63, 3.8) is 0 Å². The van der Waals surface area contributed by atoms with Crippen LogP contribution in [0.3, 0.4) is 0 Å². The molecule has 228 valence electrons. The van der Waals surface area contributed by atoms with Crippen molar-refractivity contribution >= 4 is 46.3 Å². The highest BCUT2D eigenvalue weighted by atomic mass is 19.4. The molecule has 1 aromatic heterocycles. The Labute approximate surface area is 252 Å². The number of alkyl halides is 3. The van der Waals surface area contributed by atoms with Crippen LogP contribution < -0.4 is 26.2 Å². The van der Waals surface area contributed by atoms with Gasteiger partial charge in [0.25, 0.3) is 5.91 Å². The van der Waals surface area contributed by atoms with Crippen LogP contribution in [0.2, 0.25) is 0 Å². The maximum Gasteiger partial charge on any atom is 0.416 e. The number of carbonyl (C=O) groups is 2. The van der Waals surface area contributed by atoms with E-state index in [-0.39, 0.29) is 16.9 Å². The molecule has 0 radical (unpaired) electrons. The standard InChI is InChI=1S/C31H31F3N8O2/c1-20-6-7-24(40-30(44)39-23-5-3-4-21(16-23)31(32,33)34)17-27(20)28(43)37-25-18-35-29(36-19-25)38-22-8-10-26(11-9-22)42-14-12-41(2)13-15-42/h3-11,16-19H,12-15H2,1-2H3,(H,37,43)(H,35,36,38)(H2,39,40,44). The predicted octanol–water partition coefficient (Wildman–Crippen LogP) is 6.20. The van der Waals surface area contributed by atoms with E-state index in [1.807, 2.05) is 12.1 Å². The Balaban J connectivity index is 1.17. The molecule has 0 unspecified atom stereocenters. The van der Waals surface area contributed by atoms with Gasteiger partial charge in [0.05, 0.1) is 23.6 Å². The summed E-state index contributed by atoms with van der Waals surface area (Å²) in [7, 11) is 2.12. The Morgan fingerprint density at radius 3 is 2.07 bits per heavy atom.